The van der Waals surface area contributed by atoms with E-state index in [4.69, 9.17) is 11.6 Å². The van der Waals surface area contributed by atoms with E-state index in [1.54, 1.807) is 0 Å². The first-order chi connectivity index (χ1) is 7.08. The number of hydrogen-bond donors (Lipinski definition) is 0. The van der Waals surface area contributed by atoms with Crippen molar-refractivity contribution in [2.75, 3.05) is 0 Å². The number of rotatable bonds is 1. The average molecular weight is 221 g/mol. The van der Waals surface area contributed by atoms with E-state index in [2.05, 4.69) is 36.8 Å². The van der Waals surface area contributed by atoms with Crippen LogP contribution in [-0.4, -0.2) is 9.97 Å². The molecule has 78 valence electrons. The molecule has 0 atom stereocenters. The van der Waals surface area contributed by atoms with Crippen LogP contribution in [0.15, 0.2) is 18.2 Å². The van der Waals surface area contributed by atoms with Gasteiger partial charge < -0.3 is 0 Å². The van der Waals surface area contributed by atoms with Crippen LogP contribution in [0, 0.1) is 6.92 Å². The van der Waals surface area contributed by atoms with Crippen LogP contribution in [0.5, 0.6) is 0 Å². The first-order valence-electron chi connectivity index (χ1n) is 5.01. The molecule has 0 aliphatic rings. The van der Waals surface area contributed by atoms with Crippen LogP contribution in [-0.2, 0) is 0 Å². The SMILES string of the molecule is Cc1ccc2nc(Cl)nc(C(C)C)c2c1. The largest absolute Gasteiger partial charge is 0.223 e. The molecule has 0 unspecified atom stereocenters. The summed E-state index contributed by atoms with van der Waals surface area (Å²) < 4.78 is 0. The van der Waals surface area contributed by atoms with Gasteiger partial charge in [0.2, 0.25) is 5.28 Å². The molecular formula is C12H13ClN2. The molecule has 0 spiro atoms. The molecule has 0 fully saturated rings. The van der Waals surface area contributed by atoms with Gasteiger partial charge in [0.1, 0.15) is 0 Å². The minimum absolute atomic E-state index is 0.329. The molecule has 0 bridgehead atoms. The lowest BCUT2D eigenvalue weighted by Crippen LogP contribution is -1.97. The van der Waals surface area contributed by atoms with Crippen LogP contribution in [0.3, 0.4) is 0 Å². The van der Waals surface area contributed by atoms with E-state index in [1.165, 1.54) is 5.56 Å². The highest BCUT2D eigenvalue weighted by Crippen LogP contribution is 2.24. The number of nitrogens with zero attached hydrogens (tertiary/aromatic N) is 2. The Kier molecular flexibility index (Phi) is 2.61. The first kappa shape index (κ1) is 10.4. The predicted molar refractivity (Wildman–Crippen MR) is 63.4 cm³/mol. The fourth-order valence-electron chi connectivity index (χ4n) is 1.68. The van der Waals surface area contributed by atoms with Gasteiger partial charge in [0.15, 0.2) is 0 Å². The normalized spacial score (nSPS) is 11.3. The van der Waals surface area contributed by atoms with E-state index in [0.717, 1.165) is 16.6 Å². The Morgan fingerprint density at radius 1 is 1.20 bits per heavy atom. The second-order valence-electron chi connectivity index (χ2n) is 4.05. The van der Waals surface area contributed by atoms with Crippen molar-refractivity contribution in [1.82, 2.24) is 9.97 Å². The Labute approximate surface area is 94.3 Å². The standard InChI is InChI=1S/C12H13ClN2/c1-7(2)11-9-6-8(3)4-5-10(9)14-12(13)15-11/h4-7H,1-3H3. The zero-order valence-electron chi connectivity index (χ0n) is 9.08. The number of benzene rings is 1. The van der Waals surface area contributed by atoms with E-state index in [9.17, 15) is 0 Å². The molecule has 3 heteroatoms. The Bertz CT molecular complexity index is 506. The molecular weight excluding hydrogens is 208 g/mol. The highest BCUT2D eigenvalue weighted by molar-refractivity contribution is 6.28. The van der Waals surface area contributed by atoms with Gasteiger partial charge in [-0.25, -0.2) is 9.97 Å². The Morgan fingerprint density at radius 2 is 1.93 bits per heavy atom. The maximum Gasteiger partial charge on any atom is 0.223 e. The highest BCUT2D eigenvalue weighted by Gasteiger charge is 2.09. The van der Waals surface area contributed by atoms with Crippen LogP contribution >= 0.6 is 11.6 Å². The molecule has 2 nitrogen and oxygen atoms in total. The van der Waals surface area contributed by atoms with Gasteiger partial charge in [-0.05, 0) is 36.6 Å². The lowest BCUT2D eigenvalue weighted by Gasteiger charge is -2.09. The van der Waals surface area contributed by atoms with Crippen LogP contribution in [0.25, 0.3) is 10.9 Å². The van der Waals surface area contributed by atoms with Crippen LogP contribution in [0.2, 0.25) is 5.28 Å². The molecule has 15 heavy (non-hydrogen) atoms. The van der Waals surface area contributed by atoms with E-state index < -0.39 is 0 Å². The summed E-state index contributed by atoms with van der Waals surface area (Å²) in [4.78, 5) is 8.51. The number of aromatic nitrogens is 2. The van der Waals surface area contributed by atoms with Gasteiger partial charge >= 0.3 is 0 Å². The van der Waals surface area contributed by atoms with E-state index in [0.29, 0.717) is 11.2 Å². The van der Waals surface area contributed by atoms with Gasteiger partial charge in [-0.3, -0.25) is 0 Å². The zero-order valence-corrected chi connectivity index (χ0v) is 9.84. The fourth-order valence-corrected chi connectivity index (χ4v) is 1.86. The van der Waals surface area contributed by atoms with Crippen molar-refractivity contribution in [2.45, 2.75) is 26.7 Å². The molecule has 2 aromatic rings. The quantitative estimate of drug-likeness (QED) is 0.685. The van der Waals surface area contributed by atoms with E-state index in [-0.39, 0.29) is 0 Å². The topological polar surface area (TPSA) is 25.8 Å². The molecule has 0 aliphatic carbocycles. The van der Waals surface area contributed by atoms with Gasteiger partial charge in [-0.1, -0.05) is 25.5 Å². The summed E-state index contributed by atoms with van der Waals surface area (Å²) in [5.74, 6) is 0.356. The van der Waals surface area contributed by atoms with Crippen molar-refractivity contribution in [3.8, 4) is 0 Å². The summed E-state index contributed by atoms with van der Waals surface area (Å²) in [5.41, 5.74) is 3.16. The van der Waals surface area contributed by atoms with Gasteiger partial charge in [0.05, 0.1) is 11.2 Å². The minimum atomic E-state index is 0.329. The van der Waals surface area contributed by atoms with Crippen molar-refractivity contribution in [3.63, 3.8) is 0 Å². The molecule has 1 heterocycles. The zero-order chi connectivity index (χ0) is 11.0. The fraction of sp³-hybridized carbons (Fsp3) is 0.333. The third kappa shape index (κ3) is 1.95. The first-order valence-corrected chi connectivity index (χ1v) is 5.39. The van der Waals surface area contributed by atoms with Gasteiger partial charge in [-0.15, -0.1) is 0 Å². The van der Waals surface area contributed by atoms with E-state index >= 15 is 0 Å². The minimum Gasteiger partial charge on any atom is -0.222 e. The maximum atomic E-state index is 5.89. The molecule has 0 saturated heterocycles. The monoisotopic (exact) mass is 220 g/mol. The van der Waals surface area contributed by atoms with Crippen molar-refractivity contribution >= 4 is 22.5 Å². The Morgan fingerprint density at radius 3 is 2.60 bits per heavy atom. The molecule has 2 rings (SSSR count). The molecule has 1 aromatic heterocycles. The molecule has 1 aromatic carbocycles. The van der Waals surface area contributed by atoms with Crippen LogP contribution in [0.4, 0.5) is 0 Å². The summed E-state index contributed by atoms with van der Waals surface area (Å²) in [6, 6.07) is 6.14. The second kappa shape index (κ2) is 3.78. The van der Waals surface area contributed by atoms with Gasteiger partial charge in [0.25, 0.3) is 0 Å². The summed E-state index contributed by atoms with van der Waals surface area (Å²) in [6.45, 7) is 6.29. The van der Waals surface area contributed by atoms with Crippen LogP contribution < -0.4 is 0 Å². The number of fused-ring (bicyclic) bond motifs is 1. The average Bonchev–Trinajstić information content (AvgIpc) is 2.17. The summed E-state index contributed by atoms with van der Waals surface area (Å²) in [7, 11) is 0. The third-order valence-electron chi connectivity index (χ3n) is 2.40. The Balaban J connectivity index is 2.81. The number of hydrogen-bond acceptors (Lipinski definition) is 2. The predicted octanol–water partition coefficient (Wildman–Crippen LogP) is 3.72. The molecule has 0 saturated carbocycles. The third-order valence-corrected chi connectivity index (χ3v) is 2.57. The molecule has 0 amide bonds. The maximum absolute atomic E-state index is 5.89. The van der Waals surface area contributed by atoms with Crippen molar-refractivity contribution < 1.29 is 0 Å². The second-order valence-corrected chi connectivity index (χ2v) is 4.39. The Hall–Kier alpha value is -1.15. The summed E-state index contributed by atoms with van der Waals surface area (Å²) in [6.07, 6.45) is 0. The summed E-state index contributed by atoms with van der Waals surface area (Å²) >= 11 is 5.89. The smallest absolute Gasteiger partial charge is 0.222 e. The van der Waals surface area contributed by atoms with Crippen molar-refractivity contribution in [3.05, 3.63) is 34.7 Å². The lowest BCUT2D eigenvalue weighted by atomic mass is 10.0. The van der Waals surface area contributed by atoms with Gasteiger partial charge in [-0.2, -0.15) is 0 Å². The number of halogens is 1. The van der Waals surface area contributed by atoms with Gasteiger partial charge in [0, 0.05) is 5.39 Å². The van der Waals surface area contributed by atoms with Crippen LogP contribution in [0.1, 0.15) is 31.0 Å². The van der Waals surface area contributed by atoms with Crippen molar-refractivity contribution in [1.29, 1.82) is 0 Å². The molecule has 0 radical (unpaired) electrons. The highest BCUT2D eigenvalue weighted by atomic mass is 35.5. The van der Waals surface area contributed by atoms with Crippen molar-refractivity contribution in [2.24, 2.45) is 0 Å². The molecule has 0 N–H and O–H groups in total. The summed E-state index contributed by atoms with van der Waals surface area (Å²) in [5, 5.41) is 1.43. The van der Waals surface area contributed by atoms with E-state index in [1.807, 2.05) is 12.1 Å². The lowest BCUT2D eigenvalue weighted by molar-refractivity contribution is 0.828. The molecule has 0 aliphatic heterocycles. The number of aryl methyl sites for hydroxylation is 1.